The molecule has 6 nitrogen and oxygen atoms in total. The maximum Gasteiger partial charge on any atom is 0.287 e. The SMILES string of the molecule is Cc1c(C(=O)NCC2CCN(S(C)(=O)=O)CC2)oc2ccc(Br)cc12. The quantitative estimate of drug-likeness (QED) is 0.811. The second-order valence-electron chi connectivity index (χ2n) is 6.51. The van der Waals surface area contributed by atoms with Crippen molar-refractivity contribution in [2.24, 2.45) is 5.92 Å². The molecule has 0 atom stereocenters. The number of halogens is 1. The van der Waals surface area contributed by atoms with Gasteiger partial charge in [0.15, 0.2) is 5.76 Å². The van der Waals surface area contributed by atoms with E-state index in [0.29, 0.717) is 31.0 Å². The summed E-state index contributed by atoms with van der Waals surface area (Å²) in [6.45, 7) is 3.42. The molecule has 1 N–H and O–H groups in total. The maximum atomic E-state index is 12.5. The molecule has 136 valence electrons. The van der Waals surface area contributed by atoms with Crippen molar-refractivity contribution >= 4 is 42.8 Å². The third-order valence-electron chi connectivity index (χ3n) is 4.70. The predicted molar refractivity (Wildman–Crippen MR) is 100 cm³/mol. The van der Waals surface area contributed by atoms with Crippen LogP contribution in [0.15, 0.2) is 27.1 Å². The number of piperidine rings is 1. The lowest BCUT2D eigenvalue weighted by atomic mass is 9.98. The van der Waals surface area contributed by atoms with E-state index in [0.717, 1.165) is 28.3 Å². The first-order chi connectivity index (χ1) is 11.8. The van der Waals surface area contributed by atoms with Gasteiger partial charge in [-0.1, -0.05) is 15.9 Å². The maximum absolute atomic E-state index is 12.5. The van der Waals surface area contributed by atoms with E-state index in [1.807, 2.05) is 25.1 Å². The van der Waals surface area contributed by atoms with E-state index in [1.54, 1.807) is 0 Å². The van der Waals surface area contributed by atoms with Crippen LogP contribution >= 0.6 is 15.9 Å². The van der Waals surface area contributed by atoms with Gasteiger partial charge in [0.05, 0.1) is 6.26 Å². The fraction of sp³-hybridized carbons (Fsp3) is 0.471. The van der Waals surface area contributed by atoms with Crippen molar-refractivity contribution in [1.82, 2.24) is 9.62 Å². The summed E-state index contributed by atoms with van der Waals surface area (Å²) in [5.41, 5.74) is 1.51. The van der Waals surface area contributed by atoms with Crippen LogP contribution in [0.5, 0.6) is 0 Å². The van der Waals surface area contributed by atoms with Gasteiger partial charge in [-0.05, 0) is 43.9 Å². The molecular weight excluding hydrogens is 408 g/mol. The van der Waals surface area contributed by atoms with Gasteiger partial charge in [-0.15, -0.1) is 0 Å². The van der Waals surface area contributed by atoms with Gasteiger partial charge in [-0.3, -0.25) is 4.79 Å². The van der Waals surface area contributed by atoms with Gasteiger partial charge in [0, 0.05) is 35.1 Å². The second kappa shape index (κ2) is 7.09. The molecule has 0 radical (unpaired) electrons. The van der Waals surface area contributed by atoms with Crippen LogP contribution in [0, 0.1) is 12.8 Å². The molecule has 0 aliphatic carbocycles. The molecule has 1 aliphatic rings. The molecular formula is C17H21BrN2O4S. The highest BCUT2D eigenvalue weighted by Crippen LogP contribution is 2.28. The zero-order chi connectivity index (χ0) is 18.2. The number of amides is 1. The monoisotopic (exact) mass is 428 g/mol. The van der Waals surface area contributed by atoms with E-state index in [9.17, 15) is 13.2 Å². The molecule has 0 spiro atoms. The van der Waals surface area contributed by atoms with Crippen LogP contribution < -0.4 is 5.32 Å². The molecule has 0 saturated carbocycles. The molecule has 3 rings (SSSR count). The van der Waals surface area contributed by atoms with E-state index in [2.05, 4.69) is 21.2 Å². The predicted octanol–water partition coefficient (Wildman–Crippen LogP) is 2.91. The number of sulfonamides is 1. The zero-order valence-corrected chi connectivity index (χ0v) is 16.6. The molecule has 1 amide bonds. The van der Waals surface area contributed by atoms with E-state index in [4.69, 9.17) is 4.42 Å². The lowest BCUT2D eigenvalue weighted by Gasteiger charge is -2.30. The molecule has 2 aromatic rings. The lowest BCUT2D eigenvalue weighted by Crippen LogP contribution is -2.41. The molecule has 0 unspecified atom stereocenters. The topological polar surface area (TPSA) is 79.6 Å². The van der Waals surface area contributed by atoms with Crippen molar-refractivity contribution in [3.8, 4) is 0 Å². The Labute approximate surface area is 155 Å². The fourth-order valence-corrected chi connectivity index (χ4v) is 4.41. The van der Waals surface area contributed by atoms with Gasteiger partial charge in [0.25, 0.3) is 5.91 Å². The van der Waals surface area contributed by atoms with Crippen LogP contribution in [-0.4, -0.2) is 44.5 Å². The van der Waals surface area contributed by atoms with Crippen molar-refractivity contribution in [2.75, 3.05) is 25.9 Å². The number of carbonyl (C=O) groups is 1. The molecule has 1 saturated heterocycles. The van der Waals surface area contributed by atoms with E-state index >= 15 is 0 Å². The number of nitrogens with zero attached hydrogens (tertiary/aromatic N) is 1. The first-order valence-corrected chi connectivity index (χ1v) is 10.8. The molecule has 0 bridgehead atoms. The van der Waals surface area contributed by atoms with Crippen molar-refractivity contribution < 1.29 is 17.6 Å². The van der Waals surface area contributed by atoms with Crippen molar-refractivity contribution in [3.05, 3.63) is 34.0 Å². The smallest absolute Gasteiger partial charge is 0.287 e. The summed E-state index contributed by atoms with van der Waals surface area (Å²) in [5, 5.41) is 3.84. The first kappa shape index (κ1) is 18.4. The zero-order valence-electron chi connectivity index (χ0n) is 14.2. The number of rotatable bonds is 4. The second-order valence-corrected chi connectivity index (χ2v) is 9.41. The van der Waals surface area contributed by atoms with Crippen LogP contribution in [0.4, 0.5) is 0 Å². The number of carbonyl (C=O) groups excluding carboxylic acids is 1. The summed E-state index contributed by atoms with van der Waals surface area (Å²) in [7, 11) is -3.12. The summed E-state index contributed by atoms with van der Waals surface area (Å²) in [6.07, 6.45) is 2.73. The minimum absolute atomic E-state index is 0.227. The molecule has 1 fully saturated rings. The first-order valence-electron chi connectivity index (χ1n) is 8.17. The van der Waals surface area contributed by atoms with E-state index in [1.165, 1.54) is 10.6 Å². The van der Waals surface area contributed by atoms with Crippen LogP contribution in [-0.2, 0) is 10.0 Å². The fourth-order valence-electron chi connectivity index (χ4n) is 3.17. The minimum Gasteiger partial charge on any atom is -0.451 e. The average Bonchev–Trinajstić information content (AvgIpc) is 2.89. The average molecular weight is 429 g/mol. The van der Waals surface area contributed by atoms with Gasteiger partial charge in [0.2, 0.25) is 10.0 Å². The summed E-state index contributed by atoms with van der Waals surface area (Å²) in [5.74, 6) is 0.387. The third-order valence-corrected chi connectivity index (χ3v) is 6.49. The Morgan fingerprint density at radius 1 is 1.36 bits per heavy atom. The van der Waals surface area contributed by atoms with Gasteiger partial charge in [-0.2, -0.15) is 0 Å². The minimum atomic E-state index is -3.12. The number of furan rings is 1. The largest absolute Gasteiger partial charge is 0.451 e. The number of fused-ring (bicyclic) bond motifs is 1. The Morgan fingerprint density at radius 2 is 2.04 bits per heavy atom. The summed E-state index contributed by atoms with van der Waals surface area (Å²) < 4.78 is 31.2. The molecule has 1 aromatic heterocycles. The van der Waals surface area contributed by atoms with Crippen molar-refractivity contribution in [2.45, 2.75) is 19.8 Å². The molecule has 2 heterocycles. The molecule has 8 heteroatoms. The highest BCUT2D eigenvalue weighted by atomic mass is 79.9. The van der Waals surface area contributed by atoms with Crippen LogP contribution in [0.2, 0.25) is 0 Å². The number of nitrogens with one attached hydrogen (secondary N) is 1. The van der Waals surface area contributed by atoms with E-state index in [-0.39, 0.29) is 11.8 Å². The summed E-state index contributed by atoms with van der Waals surface area (Å²) in [4.78, 5) is 12.5. The number of aryl methyl sites for hydroxylation is 1. The van der Waals surface area contributed by atoms with Crippen LogP contribution in [0.1, 0.15) is 29.0 Å². The normalized spacial score (nSPS) is 17.1. The lowest BCUT2D eigenvalue weighted by molar-refractivity contribution is 0.0915. The molecule has 1 aliphatic heterocycles. The Kier molecular flexibility index (Phi) is 5.22. The Hall–Kier alpha value is -1.38. The van der Waals surface area contributed by atoms with Gasteiger partial charge in [-0.25, -0.2) is 12.7 Å². The highest BCUT2D eigenvalue weighted by molar-refractivity contribution is 9.10. The number of hydrogen-bond donors (Lipinski definition) is 1. The molecule has 1 aromatic carbocycles. The van der Waals surface area contributed by atoms with Crippen LogP contribution in [0.3, 0.4) is 0 Å². The summed E-state index contributed by atoms with van der Waals surface area (Å²) >= 11 is 3.43. The van der Waals surface area contributed by atoms with Crippen molar-refractivity contribution in [1.29, 1.82) is 0 Å². The Balaban J connectivity index is 1.61. The highest BCUT2D eigenvalue weighted by Gasteiger charge is 2.26. The number of hydrogen-bond acceptors (Lipinski definition) is 4. The summed E-state index contributed by atoms with van der Waals surface area (Å²) in [6, 6.07) is 5.65. The standard InChI is InChI=1S/C17H21BrN2O4S/c1-11-14-9-13(18)3-4-15(14)24-16(11)17(21)19-10-12-5-7-20(8-6-12)25(2,22)23/h3-4,9,12H,5-8,10H2,1-2H3,(H,19,21). The van der Waals surface area contributed by atoms with E-state index < -0.39 is 10.0 Å². The number of benzene rings is 1. The van der Waals surface area contributed by atoms with Gasteiger partial charge in [0.1, 0.15) is 5.58 Å². The van der Waals surface area contributed by atoms with Gasteiger partial charge < -0.3 is 9.73 Å². The Morgan fingerprint density at radius 3 is 2.68 bits per heavy atom. The Bertz CT molecular complexity index is 899. The van der Waals surface area contributed by atoms with Gasteiger partial charge >= 0.3 is 0 Å². The third kappa shape index (κ3) is 4.07. The van der Waals surface area contributed by atoms with Crippen LogP contribution in [0.25, 0.3) is 11.0 Å². The van der Waals surface area contributed by atoms with Crippen molar-refractivity contribution in [3.63, 3.8) is 0 Å². The molecule has 25 heavy (non-hydrogen) atoms.